The van der Waals surface area contributed by atoms with Crippen LogP contribution in [0.4, 0.5) is 0 Å². The Bertz CT molecular complexity index is 3200. The Balaban J connectivity index is 1.29. The second-order valence-electron chi connectivity index (χ2n) is 13.6. The van der Waals surface area contributed by atoms with E-state index in [2.05, 4.69) is 34.9 Å². The van der Waals surface area contributed by atoms with Gasteiger partial charge in [0.15, 0.2) is 17.5 Å². The van der Waals surface area contributed by atoms with Crippen LogP contribution in [-0.2, 0) is 0 Å². The molecule has 9 nitrogen and oxygen atoms in total. The zero-order chi connectivity index (χ0) is 40.5. The van der Waals surface area contributed by atoms with Crippen LogP contribution in [0.25, 0.3) is 83.9 Å². The molecule has 0 N–H and O–H groups in total. The summed E-state index contributed by atoms with van der Waals surface area (Å²) in [5, 5.41) is 51.3. The van der Waals surface area contributed by atoms with Crippen LogP contribution >= 0.6 is 0 Å². The van der Waals surface area contributed by atoms with Crippen molar-refractivity contribution in [2.45, 2.75) is 0 Å². The lowest BCUT2D eigenvalue weighted by molar-refractivity contribution is 1.07. The fourth-order valence-corrected chi connectivity index (χ4v) is 7.44. The summed E-state index contributed by atoms with van der Waals surface area (Å²) in [4.78, 5) is 14.7. The van der Waals surface area contributed by atoms with E-state index in [-0.39, 0.29) is 0 Å². The molecule has 0 saturated heterocycles. The van der Waals surface area contributed by atoms with Gasteiger partial charge < -0.3 is 4.57 Å². The van der Waals surface area contributed by atoms with E-state index >= 15 is 0 Å². The number of hydrogen-bond donors (Lipinski definition) is 0. The lowest BCUT2D eigenvalue weighted by atomic mass is 9.95. The summed E-state index contributed by atoms with van der Waals surface area (Å²) >= 11 is 0. The van der Waals surface area contributed by atoms with E-state index in [0.717, 1.165) is 49.7 Å². The Morgan fingerprint density at radius 2 is 0.831 bits per heavy atom. The van der Waals surface area contributed by atoms with Gasteiger partial charge in [-0.05, 0) is 89.0 Å². The maximum Gasteiger partial charge on any atom is 0.165 e. The first kappa shape index (κ1) is 35.5. The Labute approximate surface area is 338 Å². The SMILES string of the molecule is N#Cc1ccc(-c2ccc3c(c2)c2cc(-c4ccc(C#N)cc4C#N)ccc2n3-c2ccc(C#N)c(-c3nc(-c4ccccc4)nc(-c4ccccc4)n3)c2)c(C#N)c1. The molecule has 270 valence electrons. The molecule has 0 saturated carbocycles. The maximum absolute atomic E-state index is 10.4. The van der Waals surface area contributed by atoms with Crippen LogP contribution in [-0.4, -0.2) is 19.5 Å². The zero-order valence-electron chi connectivity index (χ0n) is 31.0. The molecule has 0 aliphatic rings. The average Bonchev–Trinajstić information content (AvgIpc) is 3.64. The van der Waals surface area contributed by atoms with Gasteiger partial charge in [0.2, 0.25) is 0 Å². The number of rotatable bonds is 6. The Morgan fingerprint density at radius 3 is 1.29 bits per heavy atom. The molecular weight excluding hydrogens is 727 g/mol. The summed E-state index contributed by atoms with van der Waals surface area (Å²) in [6.07, 6.45) is 0. The maximum atomic E-state index is 10.4. The van der Waals surface area contributed by atoms with E-state index in [0.29, 0.717) is 62.0 Å². The monoisotopic (exact) mass is 751 g/mol. The van der Waals surface area contributed by atoms with Crippen molar-refractivity contribution in [2.75, 3.05) is 0 Å². The lowest BCUT2D eigenvalue weighted by Crippen LogP contribution is -2.02. The molecule has 0 bridgehead atoms. The van der Waals surface area contributed by atoms with E-state index < -0.39 is 0 Å². The number of hydrogen-bond acceptors (Lipinski definition) is 8. The Kier molecular flexibility index (Phi) is 8.90. The first-order chi connectivity index (χ1) is 29.0. The molecule has 7 aromatic carbocycles. The summed E-state index contributed by atoms with van der Waals surface area (Å²) < 4.78 is 2.11. The Morgan fingerprint density at radius 1 is 0.356 bits per heavy atom. The van der Waals surface area contributed by atoms with E-state index in [1.807, 2.05) is 109 Å². The van der Waals surface area contributed by atoms with Gasteiger partial charge in [0.25, 0.3) is 0 Å². The van der Waals surface area contributed by atoms with E-state index in [9.17, 15) is 26.3 Å². The van der Waals surface area contributed by atoms with E-state index in [1.54, 1.807) is 42.5 Å². The van der Waals surface area contributed by atoms with Gasteiger partial charge in [0, 0.05) is 33.2 Å². The van der Waals surface area contributed by atoms with Gasteiger partial charge in [-0.2, -0.15) is 26.3 Å². The summed E-state index contributed by atoms with van der Waals surface area (Å²) in [5.74, 6) is 1.29. The normalized spacial score (nSPS) is 10.6. The van der Waals surface area contributed by atoms with Crippen molar-refractivity contribution in [3.63, 3.8) is 0 Å². The van der Waals surface area contributed by atoms with Crippen LogP contribution in [0.3, 0.4) is 0 Å². The van der Waals surface area contributed by atoms with Crippen LogP contribution in [0.15, 0.2) is 152 Å². The third kappa shape index (κ3) is 6.34. The number of aromatic nitrogens is 4. The predicted molar refractivity (Wildman–Crippen MR) is 225 cm³/mol. The van der Waals surface area contributed by atoms with Gasteiger partial charge in [-0.1, -0.05) is 84.9 Å². The first-order valence-electron chi connectivity index (χ1n) is 18.4. The zero-order valence-corrected chi connectivity index (χ0v) is 31.0. The quantitative estimate of drug-likeness (QED) is 0.162. The molecule has 0 aliphatic heterocycles. The van der Waals surface area contributed by atoms with Gasteiger partial charge in [-0.3, -0.25) is 0 Å². The minimum atomic E-state index is 0.344. The van der Waals surface area contributed by atoms with Crippen molar-refractivity contribution in [3.8, 4) is 92.5 Å². The molecule has 2 heterocycles. The lowest BCUT2D eigenvalue weighted by Gasteiger charge is -2.13. The van der Waals surface area contributed by atoms with Crippen LogP contribution in [0.1, 0.15) is 27.8 Å². The van der Waals surface area contributed by atoms with Crippen molar-refractivity contribution < 1.29 is 0 Å². The summed E-state index contributed by atoms with van der Waals surface area (Å²) in [5.41, 5.74) is 9.43. The number of benzene rings is 7. The number of nitriles is 5. The molecule has 0 unspecified atom stereocenters. The minimum absolute atomic E-state index is 0.344. The molecule has 0 radical (unpaired) electrons. The van der Waals surface area contributed by atoms with Crippen LogP contribution in [0, 0.1) is 56.7 Å². The first-order valence-corrected chi connectivity index (χ1v) is 18.4. The molecule has 9 rings (SSSR count). The minimum Gasteiger partial charge on any atom is -0.309 e. The third-order valence-electron chi connectivity index (χ3n) is 10.2. The average molecular weight is 752 g/mol. The van der Waals surface area contributed by atoms with Crippen LogP contribution in [0.2, 0.25) is 0 Å². The van der Waals surface area contributed by atoms with Crippen molar-refractivity contribution in [1.82, 2.24) is 19.5 Å². The largest absolute Gasteiger partial charge is 0.309 e. The number of fused-ring (bicyclic) bond motifs is 3. The highest BCUT2D eigenvalue weighted by molar-refractivity contribution is 6.12. The van der Waals surface area contributed by atoms with E-state index in [1.165, 1.54) is 0 Å². The standard InChI is InChI=1S/C50H25N9/c51-26-31-11-17-41(38(21-31)29-54)35-14-19-46-44(23-35)45-24-36(42-18-12-32(27-52)22-39(42)30-55)15-20-47(45)59(46)40-16-13-37(28-53)43(25-40)50-57-48(33-7-3-1-4-8-33)56-49(58-50)34-9-5-2-6-10-34/h1-25H. The van der Waals surface area contributed by atoms with Crippen molar-refractivity contribution in [1.29, 1.82) is 26.3 Å². The van der Waals surface area contributed by atoms with Crippen molar-refractivity contribution >= 4 is 21.8 Å². The second kappa shape index (κ2) is 14.8. The molecule has 2 aromatic heterocycles. The van der Waals surface area contributed by atoms with Gasteiger partial charge in [-0.15, -0.1) is 0 Å². The molecule has 0 atom stereocenters. The molecule has 0 aliphatic carbocycles. The van der Waals surface area contributed by atoms with Gasteiger partial charge in [0.05, 0.1) is 69.2 Å². The van der Waals surface area contributed by atoms with E-state index in [4.69, 9.17) is 15.0 Å². The number of nitrogens with zero attached hydrogens (tertiary/aromatic N) is 9. The molecule has 0 spiro atoms. The highest BCUT2D eigenvalue weighted by Crippen LogP contribution is 2.39. The van der Waals surface area contributed by atoms with Gasteiger partial charge >= 0.3 is 0 Å². The summed E-state index contributed by atoms with van der Waals surface area (Å²) in [6, 6.07) is 58.0. The van der Waals surface area contributed by atoms with Gasteiger partial charge in [0.1, 0.15) is 0 Å². The topological polar surface area (TPSA) is 163 Å². The molecule has 0 fully saturated rings. The molecule has 0 amide bonds. The fourth-order valence-electron chi connectivity index (χ4n) is 7.44. The highest BCUT2D eigenvalue weighted by atomic mass is 15.0. The van der Waals surface area contributed by atoms with Crippen molar-refractivity contribution in [3.05, 3.63) is 179 Å². The predicted octanol–water partition coefficient (Wildman–Crippen LogP) is 10.7. The van der Waals surface area contributed by atoms with Gasteiger partial charge in [-0.25, -0.2) is 15.0 Å². The van der Waals surface area contributed by atoms with Crippen LogP contribution in [0.5, 0.6) is 0 Å². The van der Waals surface area contributed by atoms with Crippen LogP contribution < -0.4 is 0 Å². The van der Waals surface area contributed by atoms with Crippen molar-refractivity contribution in [2.24, 2.45) is 0 Å². The second-order valence-corrected chi connectivity index (χ2v) is 13.6. The molecule has 59 heavy (non-hydrogen) atoms. The fraction of sp³-hybridized carbons (Fsp3) is 0. The Hall–Kier alpha value is -9.20. The smallest absolute Gasteiger partial charge is 0.165 e. The molecule has 9 heteroatoms. The summed E-state index contributed by atoms with van der Waals surface area (Å²) in [6.45, 7) is 0. The highest BCUT2D eigenvalue weighted by Gasteiger charge is 2.20. The third-order valence-corrected chi connectivity index (χ3v) is 10.2. The molecule has 9 aromatic rings. The summed E-state index contributed by atoms with van der Waals surface area (Å²) in [7, 11) is 0. The molecular formula is C50H25N9.